The molecule has 1 atom stereocenters. The summed E-state index contributed by atoms with van der Waals surface area (Å²) in [6, 6.07) is 6.19. The van der Waals surface area contributed by atoms with Gasteiger partial charge in [0.1, 0.15) is 0 Å². The van der Waals surface area contributed by atoms with Gasteiger partial charge in [-0.1, -0.05) is 17.9 Å². The predicted octanol–water partition coefficient (Wildman–Crippen LogP) is 0.142. The lowest BCUT2D eigenvalue weighted by molar-refractivity contribution is 0.213. The van der Waals surface area contributed by atoms with E-state index in [4.69, 9.17) is 5.73 Å². The van der Waals surface area contributed by atoms with Crippen molar-refractivity contribution in [3.63, 3.8) is 0 Å². The molecule has 108 valence electrons. The van der Waals surface area contributed by atoms with Gasteiger partial charge < -0.3 is 10.8 Å². The summed E-state index contributed by atoms with van der Waals surface area (Å²) in [5.74, 6) is 5.53. The number of rotatable bonds is 3. The second kappa shape index (κ2) is 6.37. The molecular weight excluding hydrogens is 276 g/mol. The monoisotopic (exact) mass is 294 g/mol. The number of hydrogen-bond donors (Lipinski definition) is 2. The summed E-state index contributed by atoms with van der Waals surface area (Å²) in [4.78, 5) is 0.210. The van der Waals surface area contributed by atoms with E-state index < -0.39 is 10.0 Å². The van der Waals surface area contributed by atoms with E-state index in [-0.39, 0.29) is 24.1 Å². The average molecular weight is 294 g/mol. The van der Waals surface area contributed by atoms with Crippen molar-refractivity contribution in [2.75, 3.05) is 19.7 Å². The van der Waals surface area contributed by atoms with Crippen molar-refractivity contribution in [2.45, 2.75) is 23.8 Å². The summed E-state index contributed by atoms with van der Waals surface area (Å²) >= 11 is 0. The van der Waals surface area contributed by atoms with Crippen molar-refractivity contribution in [3.05, 3.63) is 29.8 Å². The molecule has 1 heterocycles. The molecule has 0 saturated carbocycles. The van der Waals surface area contributed by atoms with Gasteiger partial charge in [0.2, 0.25) is 10.0 Å². The van der Waals surface area contributed by atoms with Crippen molar-refractivity contribution in [2.24, 2.45) is 5.73 Å². The molecule has 1 aliphatic rings. The Morgan fingerprint density at radius 3 is 2.95 bits per heavy atom. The van der Waals surface area contributed by atoms with E-state index in [0.717, 1.165) is 6.42 Å². The zero-order chi connectivity index (χ0) is 14.6. The van der Waals surface area contributed by atoms with Crippen LogP contribution < -0.4 is 5.73 Å². The van der Waals surface area contributed by atoms with Gasteiger partial charge in [-0.2, -0.15) is 4.31 Å². The number of nitrogens with two attached hydrogens (primary N) is 1. The zero-order valence-corrected chi connectivity index (χ0v) is 11.9. The molecule has 0 aromatic heterocycles. The van der Waals surface area contributed by atoms with Crippen LogP contribution in [0.2, 0.25) is 0 Å². The van der Waals surface area contributed by atoms with E-state index in [9.17, 15) is 13.5 Å². The number of sulfonamides is 1. The van der Waals surface area contributed by atoms with Gasteiger partial charge in [0.15, 0.2) is 0 Å². The summed E-state index contributed by atoms with van der Waals surface area (Å²) < 4.78 is 26.5. The quantitative estimate of drug-likeness (QED) is 0.777. The zero-order valence-electron chi connectivity index (χ0n) is 11.1. The highest BCUT2D eigenvalue weighted by atomic mass is 32.2. The van der Waals surface area contributed by atoms with Crippen LogP contribution in [0.5, 0.6) is 0 Å². The second-order valence-electron chi connectivity index (χ2n) is 4.63. The standard InChI is InChI=1S/C14H18N2O3S/c15-8-2-5-12-4-1-7-14(10-12)20(18,19)16-9-3-6-13(16)11-17/h1,4,7,10,13,17H,3,6,8-9,11,15H2. The summed E-state index contributed by atoms with van der Waals surface area (Å²) in [5.41, 5.74) is 5.93. The van der Waals surface area contributed by atoms with Crippen molar-refractivity contribution >= 4 is 10.0 Å². The normalized spacial score (nSPS) is 19.6. The molecule has 0 amide bonds. The van der Waals surface area contributed by atoms with Crippen LogP contribution in [0.25, 0.3) is 0 Å². The Hall–Kier alpha value is -1.39. The van der Waals surface area contributed by atoms with E-state index in [1.54, 1.807) is 24.3 Å². The lowest BCUT2D eigenvalue weighted by Crippen LogP contribution is -2.37. The third-order valence-electron chi connectivity index (χ3n) is 3.31. The van der Waals surface area contributed by atoms with Crippen LogP contribution in [0.15, 0.2) is 29.2 Å². The molecule has 1 aromatic rings. The van der Waals surface area contributed by atoms with Crippen LogP contribution in [0.4, 0.5) is 0 Å². The van der Waals surface area contributed by atoms with Crippen LogP contribution in [0, 0.1) is 11.8 Å². The molecule has 2 rings (SSSR count). The van der Waals surface area contributed by atoms with Crippen molar-refractivity contribution in [1.82, 2.24) is 4.31 Å². The Morgan fingerprint density at radius 2 is 2.25 bits per heavy atom. The summed E-state index contributed by atoms with van der Waals surface area (Å²) in [7, 11) is -3.57. The van der Waals surface area contributed by atoms with Crippen LogP contribution in [0.3, 0.4) is 0 Å². The lowest BCUT2D eigenvalue weighted by atomic mass is 10.2. The fraction of sp³-hybridized carbons (Fsp3) is 0.429. The predicted molar refractivity (Wildman–Crippen MR) is 76.4 cm³/mol. The van der Waals surface area contributed by atoms with Gasteiger partial charge in [0, 0.05) is 18.2 Å². The molecule has 3 N–H and O–H groups in total. The van der Waals surface area contributed by atoms with E-state index in [1.807, 2.05) is 0 Å². The Bertz CT molecular complexity index is 631. The second-order valence-corrected chi connectivity index (χ2v) is 6.52. The third-order valence-corrected chi connectivity index (χ3v) is 5.26. The Labute approximate surface area is 119 Å². The molecule has 1 aromatic carbocycles. The van der Waals surface area contributed by atoms with Crippen molar-refractivity contribution in [3.8, 4) is 11.8 Å². The molecule has 0 radical (unpaired) electrons. The van der Waals surface area contributed by atoms with Gasteiger partial charge in [0.25, 0.3) is 0 Å². The van der Waals surface area contributed by atoms with Crippen LogP contribution in [-0.4, -0.2) is 43.6 Å². The molecule has 1 saturated heterocycles. The molecule has 1 fully saturated rings. The van der Waals surface area contributed by atoms with E-state index in [2.05, 4.69) is 11.8 Å². The lowest BCUT2D eigenvalue weighted by Gasteiger charge is -2.22. The number of aliphatic hydroxyl groups is 1. The molecule has 0 spiro atoms. The number of nitrogens with zero attached hydrogens (tertiary/aromatic N) is 1. The first kappa shape index (κ1) is 15.0. The highest BCUT2D eigenvalue weighted by Crippen LogP contribution is 2.26. The van der Waals surface area contributed by atoms with Crippen LogP contribution >= 0.6 is 0 Å². The average Bonchev–Trinajstić information content (AvgIpc) is 2.94. The van der Waals surface area contributed by atoms with Gasteiger partial charge in [-0.3, -0.25) is 0 Å². The smallest absolute Gasteiger partial charge is 0.243 e. The molecule has 5 nitrogen and oxygen atoms in total. The van der Waals surface area contributed by atoms with Crippen LogP contribution in [-0.2, 0) is 10.0 Å². The molecule has 20 heavy (non-hydrogen) atoms. The summed E-state index contributed by atoms with van der Waals surface area (Å²) in [6.07, 6.45) is 1.47. The highest BCUT2D eigenvalue weighted by Gasteiger charge is 2.34. The summed E-state index contributed by atoms with van der Waals surface area (Å²) in [6.45, 7) is 0.536. The SMILES string of the molecule is NCC#Cc1cccc(S(=O)(=O)N2CCCC2CO)c1. The molecule has 1 unspecified atom stereocenters. The van der Waals surface area contributed by atoms with E-state index in [1.165, 1.54) is 4.31 Å². The van der Waals surface area contributed by atoms with Crippen molar-refractivity contribution < 1.29 is 13.5 Å². The maximum atomic E-state index is 12.6. The van der Waals surface area contributed by atoms with Crippen LogP contribution in [0.1, 0.15) is 18.4 Å². The van der Waals surface area contributed by atoms with Gasteiger partial charge >= 0.3 is 0 Å². The van der Waals surface area contributed by atoms with Gasteiger partial charge in [0.05, 0.1) is 18.0 Å². The largest absolute Gasteiger partial charge is 0.395 e. The number of benzene rings is 1. The first-order chi connectivity index (χ1) is 9.59. The van der Waals surface area contributed by atoms with Gasteiger partial charge in [-0.25, -0.2) is 8.42 Å². The minimum absolute atomic E-state index is 0.147. The fourth-order valence-electron chi connectivity index (χ4n) is 2.33. The van der Waals surface area contributed by atoms with Crippen molar-refractivity contribution in [1.29, 1.82) is 0 Å². The van der Waals surface area contributed by atoms with Gasteiger partial charge in [-0.15, -0.1) is 0 Å². The Kier molecular flexibility index (Phi) is 4.78. The minimum Gasteiger partial charge on any atom is -0.395 e. The van der Waals surface area contributed by atoms with E-state index >= 15 is 0 Å². The molecule has 6 heteroatoms. The van der Waals surface area contributed by atoms with Gasteiger partial charge in [-0.05, 0) is 31.0 Å². The van der Waals surface area contributed by atoms with E-state index in [0.29, 0.717) is 18.5 Å². The first-order valence-corrected chi connectivity index (χ1v) is 7.95. The Morgan fingerprint density at radius 1 is 1.45 bits per heavy atom. The number of aliphatic hydroxyl groups excluding tert-OH is 1. The fourth-order valence-corrected chi connectivity index (χ4v) is 4.06. The molecular formula is C14H18N2O3S. The first-order valence-electron chi connectivity index (χ1n) is 6.51. The Balaban J connectivity index is 2.34. The summed E-state index contributed by atoms with van der Waals surface area (Å²) in [5, 5.41) is 9.28. The molecule has 0 aliphatic carbocycles. The minimum atomic E-state index is -3.57. The maximum Gasteiger partial charge on any atom is 0.243 e. The molecule has 0 bridgehead atoms. The number of hydrogen-bond acceptors (Lipinski definition) is 4. The third kappa shape index (κ3) is 3.02. The topological polar surface area (TPSA) is 83.6 Å². The highest BCUT2D eigenvalue weighted by molar-refractivity contribution is 7.89. The molecule has 1 aliphatic heterocycles. The maximum absolute atomic E-state index is 12.6.